The first kappa shape index (κ1) is 14.9. The molecule has 0 amide bonds. The van der Waals surface area contributed by atoms with Gasteiger partial charge in [-0.25, -0.2) is 0 Å². The molecule has 0 atom stereocenters. The zero-order valence-corrected chi connectivity index (χ0v) is 13.4. The molecule has 0 aromatic heterocycles. The largest absolute Gasteiger partial charge is 0.497 e. The van der Waals surface area contributed by atoms with Crippen LogP contribution in [0.1, 0.15) is 31.8 Å². The van der Waals surface area contributed by atoms with Crippen LogP contribution in [-0.2, 0) is 4.74 Å². The second kappa shape index (κ2) is 5.76. The summed E-state index contributed by atoms with van der Waals surface area (Å²) in [6.45, 7) is 2.92. The molecular formula is C19H17NO4. The summed E-state index contributed by atoms with van der Waals surface area (Å²) in [5.41, 5.74) is 2.73. The summed E-state index contributed by atoms with van der Waals surface area (Å²) >= 11 is 0. The summed E-state index contributed by atoms with van der Waals surface area (Å²) < 4.78 is 10.5. The molecule has 1 saturated heterocycles. The van der Waals surface area contributed by atoms with Gasteiger partial charge in [0.05, 0.1) is 20.3 Å². The third-order valence-electron chi connectivity index (χ3n) is 4.58. The van der Waals surface area contributed by atoms with Crippen molar-refractivity contribution in [2.45, 2.75) is 0 Å². The normalized spacial score (nSPS) is 16.6. The van der Waals surface area contributed by atoms with Gasteiger partial charge in [0.1, 0.15) is 5.75 Å². The Balaban J connectivity index is 1.78. The lowest BCUT2D eigenvalue weighted by Gasteiger charge is -2.30. The van der Waals surface area contributed by atoms with Gasteiger partial charge in [-0.1, -0.05) is 0 Å². The van der Waals surface area contributed by atoms with Crippen LogP contribution in [0.3, 0.4) is 0 Å². The maximum absolute atomic E-state index is 12.9. The average Bonchev–Trinajstić information content (AvgIpc) is 2.66. The van der Waals surface area contributed by atoms with Gasteiger partial charge < -0.3 is 14.4 Å². The van der Waals surface area contributed by atoms with Crippen LogP contribution in [0, 0.1) is 0 Å². The molecule has 0 spiro atoms. The van der Waals surface area contributed by atoms with E-state index in [-0.39, 0.29) is 11.6 Å². The smallest absolute Gasteiger partial charge is 0.194 e. The van der Waals surface area contributed by atoms with Crippen LogP contribution in [0.15, 0.2) is 36.4 Å². The Morgan fingerprint density at radius 3 is 2.17 bits per heavy atom. The van der Waals surface area contributed by atoms with E-state index in [1.165, 1.54) is 0 Å². The number of ether oxygens (including phenoxy) is 2. The van der Waals surface area contributed by atoms with E-state index in [1.807, 2.05) is 12.1 Å². The second-order valence-corrected chi connectivity index (χ2v) is 5.90. The number of morpholine rings is 1. The maximum Gasteiger partial charge on any atom is 0.194 e. The van der Waals surface area contributed by atoms with Crippen LogP contribution in [0.4, 0.5) is 5.69 Å². The van der Waals surface area contributed by atoms with Gasteiger partial charge in [-0.15, -0.1) is 0 Å². The van der Waals surface area contributed by atoms with Gasteiger partial charge >= 0.3 is 0 Å². The fraction of sp³-hybridized carbons (Fsp3) is 0.263. The quantitative estimate of drug-likeness (QED) is 0.724. The standard InChI is InChI=1S/C19H17NO4/c1-23-13-3-5-15-17(11-13)19(22)14-4-2-12(10-16(14)18(15)21)20-6-8-24-9-7-20/h2-5,10-11H,6-9H2,1H3. The summed E-state index contributed by atoms with van der Waals surface area (Å²) in [7, 11) is 1.54. The van der Waals surface area contributed by atoms with E-state index in [2.05, 4.69) is 4.90 Å². The molecule has 122 valence electrons. The molecule has 0 bridgehead atoms. The fourth-order valence-corrected chi connectivity index (χ4v) is 3.26. The van der Waals surface area contributed by atoms with Crippen LogP contribution < -0.4 is 9.64 Å². The third kappa shape index (κ3) is 2.29. The van der Waals surface area contributed by atoms with Crippen molar-refractivity contribution in [3.05, 3.63) is 58.7 Å². The summed E-state index contributed by atoms with van der Waals surface area (Å²) in [4.78, 5) is 27.8. The van der Waals surface area contributed by atoms with Crippen molar-refractivity contribution in [1.82, 2.24) is 0 Å². The molecule has 1 aliphatic heterocycles. The van der Waals surface area contributed by atoms with Gasteiger partial charge in [0, 0.05) is 41.0 Å². The van der Waals surface area contributed by atoms with E-state index in [0.29, 0.717) is 41.2 Å². The van der Waals surface area contributed by atoms with Crippen LogP contribution in [0.5, 0.6) is 5.75 Å². The molecule has 0 N–H and O–H groups in total. The number of carbonyl (C=O) groups excluding carboxylic acids is 2. The highest BCUT2D eigenvalue weighted by molar-refractivity contribution is 6.28. The van der Waals surface area contributed by atoms with Gasteiger partial charge in [-0.05, 0) is 36.4 Å². The van der Waals surface area contributed by atoms with Gasteiger partial charge in [0.25, 0.3) is 0 Å². The molecular weight excluding hydrogens is 306 g/mol. The van der Waals surface area contributed by atoms with Crippen molar-refractivity contribution in [1.29, 1.82) is 0 Å². The van der Waals surface area contributed by atoms with Crippen molar-refractivity contribution in [3.63, 3.8) is 0 Å². The van der Waals surface area contributed by atoms with Crippen LogP contribution in [0.2, 0.25) is 0 Å². The minimum Gasteiger partial charge on any atom is -0.497 e. The number of fused-ring (bicyclic) bond motifs is 2. The van der Waals surface area contributed by atoms with Gasteiger partial charge in [-0.3, -0.25) is 9.59 Å². The molecule has 24 heavy (non-hydrogen) atoms. The summed E-state index contributed by atoms with van der Waals surface area (Å²) in [6, 6.07) is 10.5. The first-order valence-electron chi connectivity index (χ1n) is 7.93. The number of anilines is 1. The molecule has 1 aliphatic carbocycles. The zero-order chi connectivity index (χ0) is 16.7. The molecule has 1 fully saturated rings. The fourth-order valence-electron chi connectivity index (χ4n) is 3.26. The highest BCUT2D eigenvalue weighted by atomic mass is 16.5. The van der Waals surface area contributed by atoms with Crippen molar-refractivity contribution in [2.24, 2.45) is 0 Å². The third-order valence-corrected chi connectivity index (χ3v) is 4.58. The molecule has 2 aliphatic rings. The number of nitrogens with zero attached hydrogens (tertiary/aromatic N) is 1. The topological polar surface area (TPSA) is 55.8 Å². The SMILES string of the molecule is COc1ccc2c(c1)C(=O)c1ccc(N3CCOCC3)cc1C2=O. The molecule has 5 nitrogen and oxygen atoms in total. The van der Waals surface area contributed by atoms with Crippen molar-refractivity contribution >= 4 is 17.3 Å². The lowest BCUT2D eigenvalue weighted by Crippen LogP contribution is -2.36. The Hall–Kier alpha value is -2.66. The zero-order valence-electron chi connectivity index (χ0n) is 13.4. The lowest BCUT2D eigenvalue weighted by atomic mass is 9.83. The van der Waals surface area contributed by atoms with Crippen LogP contribution >= 0.6 is 0 Å². The summed E-state index contributed by atoms with van der Waals surface area (Å²) in [6.07, 6.45) is 0. The first-order chi connectivity index (χ1) is 11.7. The van der Waals surface area contributed by atoms with E-state index >= 15 is 0 Å². The predicted molar refractivity (Wildman–Crippen MR) is 89.3 cm³/mol. The summed E-state index contributed by atoms with van der Waals surface area (Å²) in [5, 5.41) is 0. The Labute approximate surface area is 139 Å². The molecule has 0 unspecified atom stereocenters. The van der Waals surface area contributed by atoms with E-state index in [4.69, 9.17) is 9.47 Å². The predicted octanol–water partition coefficient (Wildman–Crippen LogP) is 2.31. The number of benzene rings is 2. The first-order valence-corrected chi connectivity index (χ1v) is 7.93. The highest BCUT2D eigenvalue weighted by Crippen LogP contribution is 2.32. The van der Waals surface area contributed by atoms with E-state index in [1.54, 1.807) is 31.4 Å². The number of methoxy groups -OCH3 is 1. The number of ketones is 2. The van der Waals surface area contributed by atoms with Gasteiger partial charge in [0.2, 0.25) is 0 Å². The van der Waals surface area contributed by atoms with Crippen molar-refractivity contribution in [2.75, 3.05) is 38.3 Å². The molecule has 4 rings (SSSR count). The van der Waals surface area contributed by atoms with Crippen LogP contribution in [0.25, 0.3) is 0 Å². The van der Waals surface area contributed by atoms with Crippen molar-refractivity contribution in [3.8, 4) is 5.75 Å². The highest BCUT2D eigenvalue weighted by Gasteiger charge is 2.30. The molecule has 2 aromatic rings. The second-order valence-electron chi connectivity index (χ2n) is 5.90. The Morgan fingerprint density at radius 1 is 0.875 bits per heavy atom. The van der Waals surface area contributed by atoms with Gasteiger partial charge in [-0.2, -0.15) is 0 Å². The van der Waals surface area contributed by atoms with E-state index < -0.39 is 0 Å². The molecule has 0 radical (unpaired) electrons. The molecule has 2 aromatic carbocycles. The number of hydrogen-bond acceptors (Lipinski definition) is 5. The van der Waals surface area contributed by atoms with E-state index in [9.17, 15) is 9.59 Å². The molecule has 1 heterocycles. The molecule has 0 saturated carbocycles. The summed E-state index contributed by atoms with van der Waals surface area (Å²) in [5.74, 6) is 0.327. The minimum atomic E-state index is -0.132. The van der Waals surface area contributed by atoms with Gasteiger partial charge in [0.15, 0.2) is 11.6 Å². The lowest BCUT2D eigenvalue weighted by molar-refractivity contribution is 0.0978. The van der Waals surface area contributed by atoms with Crippen LogP contribution in [-0.4, -0.2) is 45.0 Å². The van der Waals surface area contributed by atoms with Crippen molar-refractivity contribution < 1.29 is 19.1 Å². The maximum atomic E-state index is 12.9. The Kier molecular flexibility index (Phi) is 3.58. The number of rotatable bonds is 2. The minimum absolute atomic E-state index is 0.114. The Morgan fingerprint density at radius 2 is 1.50 bits per heavy atom. The number of carbonyl (C=O) groups is 2. The Bertz CT molecular complexity index is 837. The average molecular weight is 323 g/mol. The molecule has 5 heteroatoms. The van der Waals surface area contributed by atoms with E-state index in [0.717, 1.165) is 18.8 Å². The number of hydrogen-bond donors (Lipinski definition) is 0. The monoisotopic (exact) mass is 323 g/mol.